The van der Waals surface area contributed by atoms with E-state index in [9.17, 15) is 14.9 Å². The van der Waals surface area contributed by atoms with Crippen LogP contribution in [0.25, 0.3) is 0 Å². The Balaban J connectivity index is 1.32. The van der Waals surface area contributed by atoms with Crippen LogP contribution in [0, 0.1) is 10.1 Å². The molecule has 5 rings (SSSR count). The molecule has 0 spiro atoms. The lowest BCUT2D eigenvalue weighted by atomic mass is 9.99. The number of non-ortho nitro benzene ring substituents is 1. The molecule has 4 aromatic rings. The number of amides is 1. The maximum atomic E-state index is 12.5. The maximum absolute atomic E-state index is 12.5. The van der Waals surface area contributed by atoms with Crippen LogP contribution in [-0.2, 0) is 19.6 Å². The zero-order chi connectivity index (χ0) is 23.5. The third-order valence-corrected chi connectivity index (χ3v) is 5.98. The van der Waals surface area contributed by atoms with Gasteiger partial charge in [-0.05, 0) is 41.5 Å². The Morgan fingerprint density at radius 2 is 1.97 bits per heavy atom. The van der Waals surface area contributed by atoms with Crippen LogP contribution in [0.1, 0.15) is 39.2 Å². The molecule has 0 aliphatic carbocycles. The van der Waals surface area contributed by atoms with Crippen molar-refractivity contribution >= 4 is 11.6 Å². The Morgan fingerprint density at radius 1 is 1.12 bits per heavy atom. The van der Waals surface area contributed by atoms with Gasteiger partial charge in [-0.25, -0.2) is 0 Å². The fourth-order valence-electron chi connectivity index (χ4n) is 4.32. The van der Waals surface area contributed by atoms with Crippen molar-refractivity contribution in [1.29, 1.82) is 0 Å². The number of carbonyl (C=O) groups is 1. The number of nitrogens with zero attached hydrogens (tertiary/aromatic N) is 4. The summed E-state index contributed by atoms with van der Waals surface area (Å²) in [4.78, 5) is 29.5. The molecule has 1 aliphatic rings. The lowest BCUT2D eigenvalue weighted by Gasteiger charge is -2.36. The average molecular weight is 457 g/mol. The van der Waals surface area contributed by atoms with E-state index in [-0.39, 0.29) is 23.4 Å². The molecule has 34 heavy (non-hydrogen) atoms. The van der Waals surface area contributed by atoms with Crippen molar-refractivity contribution in [1.82, 2.24) is 19.8 Å². The van der Waals surface area contributed by atoms with E-state index in [1.54, 1.807) is 30.6 Å². The molecule has 4 heterocycles. The summed E-state index contributed by atoms with van der Waals surface area (Å²) in [6, 6.07) is 17.9. The minimum absolute atomic E-state index is 0.0643. The first kappa shape index (κ1) is 21.6. The molecular formula is C25H23N5O4. The second kappa shape index (κ2) is 9.32. The second-order valence-corrected chi connectivity index (χ2v) is 8.16. The first-order chi connectivity index (χ1) is 16.6. The zero-order valence-electron chi connectivity index (χ0n) is 18.3. The van der Waals surface area contributed by atoms with Crippen LogP contribution in [0.2, 0.25) is 0 Å². The van der Waals surface area contributed by atoms with E-state index < -0.39 is 4.92 Å². The van der Waals surface area contributed by atoms with Crippen molar-refractivity contribution in [3.63, 3.8) is 0 Å². The fourth-order valence-corrected chi connectivity index (χ4v) is 4.32. The predicted molar refractivity (Wildman–Crippen MR) is 124 cm³/mol. The number of aromatic nitrogens is 2. The van der Waals surface area contributed by atoms with E-state index in [4.69, 9.17) is 4.42 Å². The summed E-state index contributed by atoms with van der Waals surface area (Å²) in [7, 11) is 0. The zero-order valence-corrected chi connectivity index (χ0v) is 18.3. The van der Waals surface area contributed by atoms with Crippen LogP contribution >= 0.6 is 0 Å². The topological polar surface area (TPSA) is 106 Å². The standard InChI is InChI=1S/C25H23N5O4/c31-25(27-16-18-3-1-11-26-15-18)23-10-9-21(34-23)17-29-14-13-28-12-2-4-22(28)24(29)19-5-7-20(8-6-19)30(32)33/h1-12,15,24H,13-14,16-17H2,(H,27,31). The largest absolute Gasteiger partial charge is 0.455 e. The highest BCUT2D eigenvalue weighted by molar-refractivity contribution is 5.91. The van der Waals surface area contributed by atoms with Crippen molar-refractivity contribution in [2.45, 2.75) is 25.7 Å². The molecule has 0 radical (unpaired) electrons. The number of hydrogen-bond acceptors (Lipinski definition) is 6. The molecule has 0 saturated carbocycles. The van der Waals surface area contributed by atoms with Crippen molar-refractivity contribution in [3.8, 4) is 0 Å². The van der Waals surface area contributed by atoms with E-state index in [0.717, 1.165) is 29.9 Å². The smallest absolute Gasteiger partial charge is 0.287 e. The number of rotatable bonds is 7. The summed E-state index contributed by atoms with van der Waals surface area (Å²) in [6.45, 7) is 2.47. The predicted octanol–water partition coefficient (Wildman–Crippen LogP) is 3.92. The Labute approximate surface area is 195 Å². The molecule has 9 nitrogen and oxygen atoms in total. The van der Waals surface area contributed by atoms with Crippen LogP contribution in [0.4, 0.5) is 5.69 Å². The van der Waals surface area contributed by atoms with E-state index >= 15 is 0 Å². The van der Waals surface area contributed by atoms with Crippen LogP contribution in [0.15, 0.2) is 83.7 Å². The molecular weight excluding hydrogens is 434 g/mol. The number of pyridine rings is 1. The van der Waals surface area contributed by atoms with Gasteiger partial charge in [0.05, 0.1) is 17.5 Å². The first-order valence-electron chi connectivity index (χ1n) is 11.0. The van der Waals surface area contributed by atoms with Crippen molar-refractivity contribution in [2.75, 3.05) is 6.54 Å². The van der Waals surface area contributed by atoms with E-state index in [0.29, 0.717) is 18.8 Å². The molecule has 1 N–H and O–H groups in total. The van der Waals surface area contributed by atoms with Crippen molar-refractivity contribution < 1.29 is 14.1 Å². The molecule has 0 saturated heterocycles. The summed E-state index contributed by atoms with van der Waals surface area (Å²) >= 11 is 0. The lowest BCUT2D eigenvalue weighted by molar-refractivity contribution is -0.384. The van der Waals surface area contributed by atoms with Gasteiger partial charge >= 0.3 is 0 Å². The number of nitrogens with one attached hydrogen (secondary N) is 1. The molecule has 0 bridgehead atoms. The summed E-state index contributed by atoms with van der Waals surface area (Å²) < 4.78 is 8.07. The minimum atomic E-state index is -0.394. The SMILES string of the molecule is O=C(NCc1cccnc1)c1ccc(CN2CCn3cccc3C2c2ccc([N+](=O)[O-])cc2)o1. The first-order valence-corrected chi connectivity index (χ1v) is 11.0. The summed E-state index contributed by atoms with van der Waals surface area (Å²) in [5, 5.41) is 13.9. The van der Waals surface area contributed by atoms with Gasteiger partial charge in [0.2, 0.25) is 0 Å². The van der Waals surface area contributed by atoms with Gasteiger partial charge in [-0.2, -0.15) is 0 Å². The average Bonchev–Trinajstić information content (AvgIpc) is 3.53. The van der Waals surface area contributed by atoms with Crippen molar-refractivity contribution in [2.24, 2.45) is 0 Å². The van der Waals surface area contributed by atoms with Gasteiger partial charge in [0.15, 0.2) is 5.76 Å². The Bertz CT molecular complexity index is 1300. The summed E-state index contributed by atoms with van der Waals surface area (Å²) in [5.74, 6) is 0.652. The van der Waals surface area contributed by atoms with Crippen molar-refractivity contribution in [3.05, 3.63) is 118 Å². The normalized spacial score (nSPS) is 15.6. The fraction of sp³-hybridized carbons (Fsp3) is 0.200. The molecule has 1 aliphatic heterocycles. The van der Waals surface area contributed by atoms with Gasteiger partial charge in [0.25, 0.3) is 11.6 Å². The highest BCUT2D eigenvalue weighted by Crippen LogP contribution is 2.34. The number of nitro benzene ring substituents is 1. The molecule has 1 unspecified atom stereocenters. The van der Waals surface area contributed by atoms with Crippen LogP contribution in [0.3, 0.4) is 0 Å². The Hall–Kier alpha value is -4.24. The van der Waals surface area contributed by atoms with Crippen LogP contribution in [-0.4, -0.2) is 31.8 Å². The summed E-state index contributed by atoms with van der Waals surface area (Å²) in [5.41, 5.74) is 3.05. The van der Waals surface area contributed by atoms with E-state index in [1.807, 2.05) is 30.5 Å². The lowest BCUT2D eigenvalue weighted by Crippen LogP contribution is -2.37. The van der Waals surface area contributed by atoms with Gasteiger partial charge in [0, 0.05) is 56.1 Å². The van der Waals surface area contributed by atoms with Gasteiger partial charge in [-0.3, -0.25) is 24.8 Å². The highest BCUT2D eigenvalue weighted by atomic mass is 16.6. The number of nitro groups is 1. The number of carbonyl (C=O) groups excluding carboxylic acids is 1. The van der Waals surface area contributed by atoms with Gasteiger partial charge in [-0.15, -0.1) is 0 Å². The van der Waals surface area contributed by atoms with E-state index in [2.05, 4.69) is 25.8 Å². The minimum Gasteiger partial charge on any atom is -0.455 e. The molecule has 9 heteroatoms. The third kappa shape index (κ3) is 4.46. The van der Waals surface area contributed by atoms with Crippen LogP contribution in [0.5, 0.6) is 0 Å². The molecule has 3 aromatic heterocycles. The maximum Gasteiger partial charge on any atom is 0.287 e. The quantitative estimate of drug-likeness (QED) is 0.333. The number of hydrogen-bond donors (Lipinski definition) is 1. The Morgan fingerprint density at radius 3 is 2.74 bits per heavy atom. The van der Waals surface area contributed by atoms with E-state index in [1.165, 1.54) is 12.1 Å². The molecule has 1 atom stereocenters. The van der Waals surface area contributed by atoms with Gasteiger partial charge in [0.1, 0.15) is 5.76 Å². The van der Waals surface area contributed by atoms with Gasteiger partial charge < -0.3 is 14.3 Å². The monoisotopic (exact) mass is 457 g/mol. The number of fused-ring (bicyclic) bond motifs is 1. The molecule has 0 fully saturated rings. The number of furan rings is 1. The summed E-state index contributed by atoms with van der Waals surface area (Å²) in [6.07, 6.45) is 5.44. The molecule has 1 amide bonds. The molecule has 1 aromatic carbocycles. The third-order valence-electron chi connectivity index (χ3n) is 5.98. The molecule has 172 valence electrons. The van der Waals surface area contributed by atoms with Gasteiger partial charge in [-0.1, -0.05) is 18.2 Å². The second-order valence-electron chi connectivity index (χ2n) is 8.16. The van der Waals surface area contributed by atoms with Crippen LogP contribution < -0.4 is 5.32 Å². The Kier molecular flexibility index (Phi) is 5.92. The highest BCUT2D eigenvalue weighted by Gasteiger charge is 2.30. The number of benzene rings is 1.